The first-order valence-electron chi connectivity index (χ1n) is 4.89. The Morgan fingerprint density at radius 3 is 1.43 bits per heavy atom. The number of nitrogens with zero attached hydrogens (tertiary/aromatic N) is 4. The molecule has 74 valence electrons. The Morgan fingerprint density at radius 2 is 1.07 bits per heavy atom. The molecule has 0 atom stereocenters. The lowest BCUT2D eigenvalue weighted by molar-refractivity contribution is 0.652. The summed E-state index contributed by atoms with van der Waals surface area (Å²) in [6.07, 6.45) is 10.3. The van der Waals surface area contributed by atoms with Crippen LogP contribution in [0.25, 0.3) is 0 Å². The minimum atomic E-state index is 1.14. The van der Waals surface area contributed by atoms with Gasteiger partial charge < -0.3 is 0 Å². The fraction of sp³-hybridized carbons (Fsp3) is 0.600. The molecule has 0 amide bonds. The summed E-state index contributed by atoms with van der Waals surface area (Å²) in [4.78, 5) is 0. The van der Waals surface area contributed by atoms with E-state index in [1.165, 1.54) is 38.3 Å². The van der Waals surface area contributed by atoms with E-state index in [1.54, 1.807) is 0 Å². The average molecular weight is 190 g/mol. The molecule has 1 aromatic rings. The smallest absolute Gasteiger partial charge is 0.135 e. The van der Waals surface area contributed by atoms with Crippen LogP contribution in [0.1, 0.15) is 38.5 Å². The van der Waals surface area contributed by atoms with Gasteiger partial charge in [-0.2, -0.15) is 0 Å². The van der Waals surface area contributed by atoms with Crippen LogP contribution in [0.15, 0.2) is 12.7 Å². The van der Waals surface area contributed by atoms with Crippen molar-refractivity contribution >= 4 is 0 Å². The molecule has 0 aromatic carbocycles. The fourth-order valence-electron chi connectivity index (χ4n) is 1.12. The van der Waals surface area contributed by atoms with Gasteiger partial charge in [-0.3, -0.25) is 0 Å². The van der Waals surface area contributed by atoms with Crippen LogP contribution in [0.5, 0.6) is 0 Å². The summed E-state index contributed by atoms with van der Waals surface area (Å²) in [7, 11) is 0. The van der Waals surface area contributed by atoms with Crippen molar-refractivity contribution in [2.75, 3.05) is 0 Å². The van der Waals surface area contributed by atoms with Crippen LogP contribution in [0.2, 0.25) is 0 Å². The van der Waals surface area contributed by atoms with Crippen molar-refractivity contribution in [2.24, 2.45) is 0 Å². The van der Waals surface area contributed by atoms with E-state index in [9.17, 15) is 0 Å². The quantitative estimate of drug-likeness (QED) is 0.583. The Bertz CT molecular complexity index is 236. The Morgan fingerprint density at radius 1 is 0.643 bits per heavy atom. The van der Waals surface area contributed by atoms with Crippen LogP contribution in [0.4, 0.5) is 0 Å². The molecule has 0 saturated heterocycles. The van der Waals surface area contributed by atoms with Gasteiger partial charge in [-0.15, -0.1) is 32.2 Å². The molecule has 0 fully saturated rings. The first kappa shape index (κ1) is 10.6. The molecular formula is C10H14N4. The van der Waals surface area contributed by atoms with Gasteiger partial charge >= 0.3 is 0 Å². The molecule has 1 heterocycles. The van der Waals surface area contributed by atoms with Crippen LogP contribution < -0.4 is 0 Å². The van der Waals surface area contributed by atoms with E-state index in [-0.39, 0.29) is 0 Å². The molecule has 1 aromatic heterocycles. The van der Waals surface area contributed by atoms with E-state index in [0.717, 1.165) is 12.8 Å². The number of hydrogen-bond donors (Lipinski definition) is 0. The van der Waals surface area contributed by atoms with E-state index < -0.39 is 0 Å². The van der Waals surface area contributed by atoms with Gasteiger partial charge in [0.05, 0.1) is 0 Å². The van der Waals surface area contributed by atoms with Crippen molar-refractivity contribution < 1.29 is 0 Å². The second kappa shape index (κ2) is 8.11. The van der Waals surface area contributed by atoms with Gasteiger partial charge in [-0.25, -0.2) is 0 Å². The maximum atomic E-state index is 3.36. The van der Waals surface area contributed by atoms with Gasteiger partial charge in [0.25, 0.3) is 0 Å². The summed E-state index contributed by atoms with van der Waals surface area (Å²) in [5, 5.41) is 13.4. The highest BCUT2D eigenvalue weighted by molar-refractivity contribution is 4.99. The molecule has 0 spiro atoms. The highest BCUT2D eigenvalue weighted by Gasteiger charge is 1.89. The van der Waals surface area contributed by atoms with Crippen LogP contribution in [-0.2, 0) is 0 Å². The third kappa shape index (κ3) is 6.06. The number of aromatic nitrogens is 4. The first-order chi connectivity index (χ1) is 7.00. The minimum absolute atomic E-state index is 1.14. The average Bonchev–Trinajstić information content (AvgIpc) is 2.20. The Kier molecular flexibility index (Phi) is 6.13. The fourth-order valence-corrected chi connectivity index (χ4v) is 1.12. The highest BCUT2D eigenvalue weighted by atomic mass is 15.2. The summed E-state index contributed by atoms with van der Waals surface area (Å²) in [5.74, 6) is 6.27. The zero-order valence-corrected chi connectivity index (χ0v) is 8.19. The van der Waals surface area contributed by atoms with Crippen molar-refractivity contribution in [3.05, 3.63) is 12.7 Å². The van der Waals surface area contributed by atoms with E-state index in [2.05, 4.69) is 32.2 Å². The molecular weight excluding hydrogens is 176 g/mol. The summed E-state index contributed by atoms with van der Waals surface area (Å²) >= 11 is 0. The lowest BCUT2D eigenvalue weighted by Crippen LogP contribution is -1.81. The van der Waals surface area contributed by atoms with E-state index in [1.807, 2.05) is 0 Å². The molecule has 0 bridgehead atoms. The molecule has 1 aliphatic carbocycles. The van der Waals surface area contributed by atoms with Gasteiger partial charge in [0.2, 0.25) is 0 Å². The molecule has 4 heteroatoms. The van der Waals surface area contributed by atoms with Crippen molar-refractivity contribution in [1.29, 1.82) is 0 Å². The van der Waals surface area contributed by atoms with Gasteiger partial charge in [-0.05, 0) is 12.8 Å². The van der Waals surface area contributed by atoms with E-state index in [4.69, 9.17) is 0 Å². The third-order valence-electron chi connectivity index (χ3n) is 1.82. The van der Waals surface area contributed by atoms with Crippen molar-refractivity contribution in [3.63, 3.8) is 0 Å². The summed E-state index contributed by atoms with van der Waals surface area (Å²) in [6, 6.07) is 0. The maximum absolute atomic E-state index is 3.36. The van der Waals surface area contributed by atoms with Crippen LogP contribution >= 0.6 is 0 Å². The molecule has 4 nitrogen and oxygen atoms in total. The predicted molar refractivity (Wildman–Crippen MR) is 53.1 cm³/mol. The Balaban J connectivity index is 0.000000146. The normalized spacial score (nSPS) is 14.9. The lowest BCUT2D eigenvalue weighted by atomic mass is 10.1. The van der Waals surface area contributed by atoms with E-state index >= 15 is 0 Å². The largest absolute Gasteiger partial charge is 0.160 e. The summed E-state index contributed by atoms with van der Waals surface area (Å²) in [5.41, 5.74) is 0. The van der Waals surface area contributed by atoms with Gasteiger partial charge in [0.1, 0.15) is 0 Å². The zero-order chi connectivity index (χ0) is 9.90. The molecule has 14 heavy (non-hydrogen) atoms. The second-order valence-corrected chi connectivity index (χ2v) is 2.96. The first-order valence-corrected chi connectivity index (χ1v) is 4.89. The maximum Gasteiger partial charge on any atom is 0.160 e. The standard InChI is InChI=1S/C8H12.C2H2N4/c1-2-4-6-8-7-5-3-1;1-3-5-2-6-4-1/h1-6H2;1-2H. The molecule has 0 unspecified atom stereocenters. The summed E-state index contributed by atoms with van der Waals surface area (Å²) < 4.78 is 0. The molecule has 0 aliphatic heterocycles. The monoisotopic (exact) mass is 190 g/mol. The SMILES string of the molecule is C1#CCCCCCC1.c1nncnn1. The zero-order valence-electron chi connectivity index (χ0n) is 8.19. The van der Waals surface area contributed by atoms with Gasteiger partial charge in [0.15, 0.2) is 12.7 Å². The second-order valence-electron chi connectivity index (χ2n) is 2.96. The summed E-state index contributed by atoms with van der Waals surface area (Å²) in [6.45, 7) is 0. The van der Waals surface area contributed by atoms with Gasteiger partial charge in [0, 0.05) is 12.8 Å². The molecule has 1 aliphatic rings. The predicted octanol–water partition coefficient (Wildman–Crippen LogP) is 1.61. The molecule has 0 saturated carbocycles. The van der Waals surface area contributed by atoms with Crippen molar-refractivity contribution in [2.45, 2.75) is 38.5 Å². The third-order valence-corrected chi connectivity index (χ3v) is 1.82. The van der Waals surface area contributed by atoms with E-state index in [0.29, 0.717) is 0 Å². The Hall–Kier alpha value is -1.50. The molecule has 2 rings (SSSR count). The molecule has 0 radical (unpaired) electrons. The molecule has 0 N–H and O–H groups in total. The topological polar surface area (TPSA) is 51.6 Å². The Labute approximate surface area is 84.2 Å². The van der Waals surface area contributed by atoms with Crippen LogP contribution in [-0.4, -0.2) is 20.4 Å². The van der Waals surface area contributed by atoms with Crippen molar-refractivity contribution in [3.8, 4) is 11.8 Å². The highest BCUT2D eigenvalue weighted by Crippen LogP contribution is 2.06. The number of hydrogen-bond acceptors (Lipinski definition) is 4. The number of rotatable bonds is 0. The van der Waals surface area contributed by atoms with Crippen LogP contribution in [0, 0.1) is 11.8 Å². The van der Waals surface area contributed by atoms with Crippen LogP contribution in [0.3, 0.4) is 0 Å². The minimum Gasteiger partial charge on any atom is -0.135 e. The van der Waals surface area contributed by atoms with Crippen molar-refractivity contribution in [1.82, 2.24) is 20.4 Å². The lowest BCUT2D eigenvalue weighted by Gasteiger charge is -1.97. The van der Waals surface area contributed by atoms with Gasteiger partial charge in [-0.1, -0.05) is 12.8 Å².